The smallest absolute Gasteiger partial charge is 0.407 e. The van der Waals surface area contributed by atoms with Crippen molar-refractivity contribution in [2.45, 2.75) is 25.3 Å². The highest BCUT2D eigenvalue weighted by molar-refractivity contribution is 7.13. The van der Waals surface area contributed by atoms with Gasteiger partial charge in [-0.2, -0.15) is 4.37 Å². The molecule has 0 bridgehead atoms. The standard InChI is InChI=1S/C17H19N3O3S/c21-16(15-12-5-1-2-7-14(12)24-19-15)18-8-13-11-6-3-4-10(11)9-20(13)17(22)23/h1-2,5,7,10-11,13H,3-4,6,8-9H2,(H,18,21)(H,22,23)/t10-,11-,13+/m0/s1. The molecule has 7 heteroatoms. The zero-order chi connectivity index (χ0) is 16.7. The summed E-state index contributed by atoms with van der Waals surface area (Å²) in [7, 11) is 0. The number of carbonyl (C=O) groups excluding carboxylic acids is 1. The summed E-state index contributed by atoms with van der Waals surface area (Å²) >= 11 is 1.31. The number of rotatable bonds is 3. The van der Waals surface area contributed by atoms with Crippen LogP contribution in [0.4, 0.5) is 4.79 Å². The molecule has 3 atom stereocenters. The van der Waals surface area contributed by atoms with Crippen LogP contribution in [0.3, 0.4) is 0 Å². The Morgan fingerprint density at radius 2 is 2.17 bits per heavy atom. The van der Waals surface area contributed by atoms with Gasteiger partial charge < -0.3 is 15.3 Å². The Morgan fingerprint density at radius 1 is 1.33 bits per heavy atom. The van der Waals surface area contributed by atoms with E-state index in [4.69, 9.17) is 0 Å². The predicted molar refractivity (Wildman–Crippen MR) is 91.3 cm³/mol. The summed E-state index contributed by atoms with van der Waals surface area (Å²) in [5.41, 5.74) is 0.429. The molecule has 1 aromatic heterocycles. The average Bonchev–Trinajstić information content (AvgIpc) is 3.26. The quantitative estimate of drug-likeness (QED) is 0.896. The fourth-order valence-electron chi connectivity index (χ4n) is 4.23. The highest BCUT2D eigenvalue weighted by Crippen LogP contribution is 2.41. The van der Waals surface area contributed by atoms with Crippen molar-refractivity contribution in [3.8, 4) is 0 Å². The molecule has 6 nitrogen and oxygen atoms in total. The van der Waals surface area contributed by atoms with Crippen LogP contribution < -0.4 is 5.32 Å². The van der Waals surface area contributed by atoms with Crippen LogP contribution in [-0.2, 0) is 0 Å². The first-order valence-corrected chi connectivity index (χ1v) is 9.04. The number of carboxylic acid groups (broad SMARTS) is 1. The lowest BCUT2D eigenvalue weighted by atomic mass is 9.94. The average molecular weight is 345 g/mol. The lowest BCUT2D eigenvalue weighted by Crippen LogP contribution is -2.45. The van der Waals surface area contributed by atoms with Crippen LogP contribution in [-0.4, -0.2) is 45.5 Å². The summed E-state index contributed by atoms with van der Waals surface area (Å²) in [4.78, 5) is 25.5. The van der Waals surface area contributed by atoms with Gasteiger partial charge in [0, 0.05) is 18.5 Å². The maximum absolute atomic E-state index is 12.5. The van der Waals surface area contributed by atoms with Gasteiger partial charge in [-0.3, -0.25) is 4.79 Å². The van der Waals surface area contributed by atoms with E-state index in [2.05, 4.69) is 9.69 Å². The number of aromatic nitrogens is 1. The molecule has 0 spiro atoms. The predicted octanol–water partition coefficient (Wildman–Crippen LogP) is 2.80. The first-order chi connectivity index (χ1) is 11.6. The molecule has 1 saturated heterocycles. The molecule has 0 unspecified atom stereocenters. The second kappa shape index (κ2) is 6.05. The Balaban J connectivity index is 1.49. The van der Waals surface area contributed by atoms with Crippen LogP contribution in [0.5, 0.6) is 0 Å². The van der Waals surface area contributed by atoms with Crippen LogP contribution in [0.15, 0.2) is 24.3 Å². The molecule has 1 aliphatic carbocycles. The van der Waals surface area contributed by atoms with E-state index in [0.29, 0.717) is 30.6 Å². The van der Waals surface area contributed by atoms with Gasteiger partial charge in [-0.1, -0.05) is 24.6 Å². The zero-order valence-corrected chi connectivity index (χ0v) is 14.0. The molecule has 2 aliphatic rings. The summed E-state index contributed by atoms with van der Waals surface area (Å²) in [6, 6.07) is 7.52. The van der Waals surface area contributed by atoms with Gasteiger partial charge in [0.2, 0.25) is 0 Å². The zero-order valence-electron chi connectivity index (χ0n) is 13.1. The van der Waals surface area contributed by atoms with Crippen LogP contribution in [0.2, 0.25) is 0 Å². The topological polar surface area (TPSA) is 82.5 Å². The molecule has 126 valence electrons. The Kier molecular flexibility index (Phi) is 3.88. The molecule has 0 radical (unpaired) electrons. The van der Waals surface area contributed by atoms with Crippen molar-refractivity contribution in [1.82, 2.24) is 14.6 Å². The molecule has 2 heterocycles. The Hall–Kier alpha value is -2.15. The minimum absolute atomic E-state index is 0.121. The summed E-state index contributed by atoms with van der Waals surface area (Å²) < 4.78 is 5.24. The summed E-state index contributed by atoms with van der Waals surface area (Å²) in [6.07, 6.45) is 2.41. The van der Waals surface area contributed by atoms with E-state index in [9.17, 15) is 14.7 Å². The summed E-state index contributed by atoms with van der Waals surface area (Å²) in [5, 5.41) is 13.2. The molecule has 1 aliphatic heterocycles. The monoisotopic (exact) mass is 345 g/mol. The Labute approximate surface area is 143 Å². The lowest BCUT2D eigenvalue weighted by molar-refractivity contribution is 0.0923. The third kappa shape index (κ3) is 2.53. The van der Waals surface area contributed by atoms with Gasteiger partial charge in [-0.15, -0.1) is 0 Å². The van der Waals surface area contributed by atoms with E-state index >= 15 is 0 Å². The second-order valence-electron chi connectivity index (χ2n) is 6.59. The fourth-order valence-corrected chi connectivity index (χ4v) is 5.00. The van der Waals surface area contributed by atoms with Gasteiger partial charge in [0.15, 0.2) is 0 Å². The molecule has 24 heavy (non-hydrogen) atoms. The number of hydrogen-bond donors (Lipinski definition) is 2. The lowest BCUT2D eigenvalue weighted by Gasteiger charge is -2.25. The van der Waals surface area contributed by atoms with Gasteiger partial charge >= 0.3 is 6.09 Å². The summed E-state index contributed by atoms with van der Waals surface area (Å²) in [6.45, 7) is 0.957. The van der Waals surface area contributed by atoms with Crippen LogP contribution >= 0.6 is 11.5 Å². The molecule has 2 fully saturated rings. The molecule has 1 saturated carbocycles. The van der Waals surface area contributed by atoms with E-state index in [1.807, 2.05) is 24.3 Å². The Morgan fingerprint density at radius 3 is 3.00 bits per heavy atom. The van der Waals surface area contributed by atoms with Crippen molar-refractivity contribution >= 4 is 33.6 Å². The normalized spacial score (nSPS) is 25.8. The van der Waals surface area contributed by atoms with Crippen LogP contribution in [0, 0.1) is 11.8 Å². The largest absolute Gasteiger partial charge is 0.465 e. The van der Waals surface area contributed by atoms with Crippen molar-refractivity contribution in [2.24, 2.45) is 11.8 Å². The Bertz CT molecular complexity index is 790. The van der Waals surface area contributed by atoms with Crippen LogP contribution in [0.1, 0.15) is 29.8 Å². The summed E-state index contributed by atoms with van der Waals surface area (Å²) in [5.74, 6) is 0.593. The van der Waals surface area contributed by atoms with Gasteiger partial charge in [-0.25, -0.2) is 4.79 Å². The van der Waals surface area contributed by atoms with Gasteiger partial charge in [0.05, 0.1) is 10.7 Å². The van der Waals surface area contributed by atoms with Gasteiger partial charge in [-0.05, 0) is 42.3 Å². The number of nitrogens with one attached hydrogen (secondary N) is 1. The van der Waals surface area contributed by atoms with E-state index in [-0.39, 0.29) is 11.9 Å². The van der Waals surface area contributed by atoms with E-state index < -0.39 is 6.09 Å². The van der Waals surface area contributed by atoms with Crippen molar-refractivity contribution in [1.29, 1.82) is 0 Å². The SMILES string of the molecule is O=C(NC[C@@H]1[C@H]2CCC[C@H]2CN1C(=O)O)c1nsc2ccccc12. The number of carbonyl (C=O) groups is 2. The number of nitrogens with zero attached hydrogens (tertiary/aromatic N) is 2. The minimum Gasteiger partial charge on any atom is -0.465 e. The molecule has 2 amide bonds. The third-order valence-corrected chi connectivity index (χ3v) is 6.18. The molecular formula is C17H19N3O3S. The van der Waals surface area contributed by atoms with E-state index in [1.54, 1.807) is 0 Å². The fraction of sp³-hybridized carbons (Fsp3) is 0.471. The first-order valence-electron chi connectivity index (χ1n) is 8.27. The number of fused-ring (bicyclic) bond motifs is 2. The maximum atomic E-state index is 12.5. The molecule has 2 N–H and O–H groups in total. The molecule has 4 rings (SSSR count). The van der Waals surface area contributed by atoms with Crippen molar-refractivity contribution in [3.63, 3.8) is 0 Å². The molecule has 1 aromatic carbocycles. The number of hydrogen-bond acceptors (Lipinski definition) is 4. The van der Waals surface area contributed by atoms with Crippen molar-refractivity contribution in [3.05, 3.63) is 30.0 Å². The molecule has 2 aromatic rings. The number of benzene rings is 1. The molecular weight excluding hydrogens is 326 g/mol. The second-order valence-corrected chi connectivity index (χ2v) is 7.40. The first kappa shape index (κ1) is 15.4. The van der Waals surface area contributed by atoms with Crippen molar-refractivity contribution in [2.75, 3.05) is 13.1 Å². The van der Waals surface area contributed by atoms with Gasteiger partial charge in [0.25, 0.3) is 5.91 Å². The number of likely N-dealkylation sites (tertiary alicyclic amines) is 1. The third-order valence-electron chi connectivity index (χ3n) is 5.35. The van der Waals surface area contributed by atoms with Crippen molar-refractivity contribution < 1.29 is 14.7 Å². The van der Waals surface area contributed by atoms with E-state index in [1.165, 1.54) is 16.4 Å². The highest BCUT2D eigenvalue weighted by Gasteiger charge is 2.46. The maximum Gasteiger partial charge on any atom is 0.407 e. The number of amides is 2. The van der Waals surface area contributed by atoms with Crippen LogP contribution in [0.25, 0.3) is 10.1 Å². The highest BCUT2D eigenvalue weighted by atomic mass is 32.1. The minimum atomic E-state index is -0.886. The van der Waals surface area contributed by atoms with E-state index in [0.717, 1.165) is 29.3 Å². The van der Waals surface area contributed by atoms with Gasteiger partial charge in [0.1, 0.15) is 5.69 Å².